The fourth-order valence-corrected chi connectivity index (χ4v) is 3.72. The van der Waals surface area contributed by atoms with Gasteiger partial charge in [0.15, 0.2) is 0 Å². The Balaban J connectivity index is 1.44. The highest BCUT2D eigenvalue weighted by Gasteiger charge is 2.24. The second-order valence-electron chi connectivity index (χ2n) is 7.41. The van der Waals surface area contributed by atoms with E-state index in [1.54, 1.807) is 0 Å². The molecule has 0 N–H and O–H groups in total. The van der Waals surface area contributed by atoms with Gasteiger partial charge in [0.25, 0.3) is 0 Å². The zero-order valence-corrected chi connectivity index (χ0v) is 16.7. The maximum atomic E-state index is 6.07. The molecule has 146 valence electrons. The molecule has 1 saturated heterocycles. The van der Waals surface area contributed by atoms with Crippen molar-refractivity contribution in [1.29, 1.82) is 0 Å². The molecule has 2 aromatic heterocycles. The molecule has 0 amide bonds. The maximum Gasteiger partial charge on any atom is 0.112 e. The Labute approximate surface area is 167 Å². The highest BCUT2D eigenvalue weighted by Crippen LogP contribution is 2.23. The third kappa shape index (κ3) is 4.49. The van der Waals surface area contributed by atoms with Crippen molar-refractivity contribution in [3.8, 4) is 0 Å². The molecule has 1 aliphatic heterocycles. The van der Waals surface area contributed by atoms with Crippen molar-refractivity contribution in [2.75, 3.05) is 19.7 Å². The highest BCUT2D eigenvalue weighted by molar-refractivity contribution is 5.23. The van der Waals surface area contributed by atoms with Gasteiger partial charge in [-0.25, -0.2) is 0 Å². The molecule has 0 radical (unpaired) electrons. The van der Waals surface area contributed by atoms with Crippen LogP contribution in [0.15, 0.2) is 54.7 Å². The second kappa shape index (κ2) is 8.67. The van der Waals surface area contributed by atoms with Gasteiger partial charge in [-0.15, -0.1) is 0 Å². The molecule has 5 heteroatoms. The summed E-state index contributed by atoms with van der Waals surface area (Å²) in [5, 5.41) is 4.57. The summed E-state index contributed by atoms with van der Waals surface area (Å²) in [4.78, 5) is 7.35. The topological polar surface area (TPSA) is 43.2 Å². The third-order valence-corrected chi connectivity index (χ3v) is 5.30. The molecule has 0 saturated carbocycles. The molecule has 1 fully saturated rings. The highest BCUT2D eigenvalue weighted by atomic mass is 16.5. The molecule has 4 rings (SSSR count). The van der Waals surface area contributed by atoms with Crippen molar-refractivity contribution in [2.24, 2.45) is 0 Å². The zero-order chi connectivity index (χ0) is 19.3. The number of aryl methyl sites for hydroxylation is 2. The minimum Gasteiger partial charge on any atom is -0.369 e. The monoisotopic (exact) mass is 376 g/mol. The third-order valence-electron chi connectivity index (χ3n) is 5.30. The summed E-state index contributed by atoms with van der Waals surface area (Å²) >= 11 is 0. The van der Waals surface area contributed by atoms with Crippen LogP contribution in [-0.4, -0.2) is 39.4 Å². The second-order valence-corrected chi connectivity index (χ2v) is 7.41. The van der Waals surface area contributed by atoms with Crippen molar-refractivity contribution in [2.45, 2.75) is 39.5 Å². The summed E-state index contributed by atoms with van der Waals surface area (Å²) in [5.74, 6) is 0. The van der Waals surface area contributed by atoms with Crippen LogP contribution in [-0.2, 0) is 24.2 Å². The summed E-state index contributed by atoms with van der Waals surface area (Å²) in [5.41, 5.74) is 5.81. The van der Waals surface area contributed by atoms with Gasteiger partial charge in [-0.2, -0.15) is 5.10 Å². The first kappa shape index (κ1) is 18.8. The van der Waals surface area contributed by atoms with E-state index in [2.05, 4.69) is 72.5 Å². The molecule has 0 aliphatic carbocycles. The molecule has 3 heterocycles. The SMILES string of the molecule is CCn1cc(CN2CCO[C@@H](c3cccc(Cc4ccccc4)n3)C2)c(C)n1. The molecule has 0 bridgehead atoms. The van der Waals surface area contributed by atoms with Gasteiger partial charge in [0.1, 0.15) is 6.10 Å². The molecule has 3 aromatic rings. The quantitative estimate of drug-likeness (QED) is 0.657. The molecule has 1 aliphatic rings. The minimum atomic E-state index is 0.0194. The van der Waals surface area contributed by atoms with Crippen LogP contribution in [0.4, 0.5) is 0 Å². The summed E-state index contributed by atoms with van der Waals surface area (Å²) in [6.45, 7) is 8.56. The normalized spacial score (nSPS) is 17.7. The van der Waals surface area contributed by atoms with Gasteiger partial charge >= 0.3 is 0 Å². The van der Waals surface area contributed by atoms with Crippen molar-refractivity contribution < 1.29 is 4.74 Å². The van der Waals surface area contributed by atoms with Crippen LogP contribution in [0.5, 0.6) is 0 Å². The zero-order valence-electron chi connectivity index (χ0n) is 16.7. The van der Waals surface area contributed by atoms with Crippen LogP contribution < -0.4 is 0 Å². The van der Waals surface area contributed by atoms with E-state index in [9.17, 15) is 0 Å². The lowest BCUT2D eigenvalue weighted by atomic mass is 10.1. The van der Waals surface area contributed by atoms with Crippen molar-refractivity contribution in [1.82, 2.24) is 19.7 Å². The van der Waals surface area contributed by atoms with Gasteiger partial charge in [-0.1, -0.05) is 36.4 Å². The maximum absolute atomic E-state index is 6.07. The van der Waals surface area contributed by atoms with Crippen LogP contribution in [0, 0.1) is 6.92 Å². The number of rotatable bonds is 6. The van der Waals surface area contributed by atoms with Crippen LogP contribution in [0.25, 0.3) is 0 Å². The van der Waals surface area contributed by atoms with E-state index in [0.717, 1.165) is 56.3 Å². The predicted octanol–water partition coefficient (Wildman–Crippen LogP) is 3.77. The van der Waals surface area contributed by atoms with E-state index in [0.29, 0.717) is 0 Å². The fourth-order valence-electron chi connectivity index (χ4n) is 3.72. The van der Waals surface area contributed by atoms with Gasteiger partial charge in [-0.3, -0.25) is 14.6 Å². The number of aromatic nitrogens is 3. The van der Waals surface area contributed by atoms with Gasteiger partial charge < -0.3 is 4.74 Å². The number of ether oxygens (including phenoxy) is 1. The lowest BCUT2D eigenvalue weighted by Crippen LogP contribution is -2.38. The van der Waals surface area contributed by atoms with Crippen LogP contribution in [0.1, 0.15) is 41.2 Å². The fraction of sp³-hybridized carbons (Fsp3) is 0.391. The summed E-state index contributed by atoms with van der Waals surface area (Å²) in [7, 11) is 0. The molecule has 1 aromatic carbocycles. The summed E-state index contributed by atoms with van der Waals surface area (Å²) in [6.07, 6.45) is 3.03. The average molecular weight is 377 g/mol. The molecule has 0 unspecified atom stereocenters. The Bertz CT molecular complexity index is 906. The molecular weight excluding hydrogens is 348 g/mol. The van der Waals surface area contributed by atoms with E-state index in [1.807, 2.05) is 10.7 Å². The molecule has 1 atom stereocenters. The lowest BCUT2D eigenvalue weighted by Gasteiger charge is -2.32. The standard InChI is InChI=1S/C23H28N4O/c1-3-27-16-20(18(2)25-27)15-26-12-13-28-23(17-26)22-11-7-10-21(24-22)14-19-8-5-4-6-9-19/h4-11,16,23H,3,12-15,17H2,1-2H3/t23-/m1/s1. The first-order valence-electron chi connectivity index (χ1n) is 10.1. The number of hydrogen-bond donors (Lipinski definition) is 0. The Hall–Kier alpha value is -2.50. The van der Waals surface area contributed by atoms with E-state index < -0.39 is 0 Å². The lowest BCUT2D eigenvalue weighted by molar-refractivity contribution is -0.0351. The largest absolute Gasteiger partial charge is 0.369 e. The Morgan fingerprint density at radius 1 is 1.11 bits per heavy atom. The van der Waals surface area contributed by atoms with E-state index in [1.165, 1.54) is 11.1 Å². The number of hydrogen-bond acceptors (Lipinski definition) is 4. The first-order valence-corrected chi connectivity index (χ1v) is 10.1. The summed E-state index contributed by atoms with van der Waals surface area (Å²) in [6, 6.07) is 16.8. The molecule has 28 heavy (non-hydrogen) atoms. The smallest absolute Gasteiger partial charge is 0.112 e. The Morgan fingerprint density at radius 2 is 1.96 bits per heavy atom. The van der Waals surface area contributed by atoms with E-state index in [4.69, 9.17) is 9.72 Å². The Kier molecular flexibility index (Phi) is 5.84. The number of nitrogens with zero attached hydrogens (tertiary/aromatic N) is 4. The number of morpholine rings is 1. The molecular formula is C23H28N4O. The summed E-state index contributed by atoms with van der Waals surface area (Å²) < 4.78 is 8.08. The van der Waals surface area contributed by atoms with Crippen molar-refractivity contribution in [3.05, 3.63) is 82.9 Å². The number of pyridine rings is 1. The van der Waals surface area contributed by atoms with Crippen LogP contribution in [0.2, 0.25) is 0 Å². The van der Waals surface area contributed by atoms with Gasteiger partial charge in [0, 0.05) is 50.1 Å². The van der Waals surface area contributed by atoms with Gasteiger partial charge in [-0.05, 0) is 31.5 Å². The molecule has 0 spiro atoms. The predicted molar refractivity (Wildman–Crippen MR) is 110 cm³/mol. The Morgan fingerprint density at radius 3 is 2.75 bits per heavy atom. The van der Waals surface area contributed by atoms with Crippen molar-refractivity contribution >= 4 is 0 Å². The molecule has 5 nitrogen and oxygen atoms in total. The van der Waals surface area contributed by atoms with Crippen molar-refractivity contribution in [3.63, 3.8) is 0 Å². The minimum absolute atomic E-state index is 0.0194. The van der Waals surface area contributed by atoms with E-state index >= 15 is 0 Å². The van der Waals surface area contributed by atoms with E-state index in [-0.39, 0.29) is 6.10 Å². The average Bonchev–Trinajstić information content (AvgIpc) is 3.09. The number of benzene rings is 1. The van der Waals surface area contributed by atoms with Gasteiger partial charge in [0.05, 0.1) is 18.0 Å². The van der Waals surface area contributed by atoms with Crippen LogP contribution >= 0.6 is 0 Å². The first-order chi connectivity index (χ1) is 13.7. The van der Waals surface area contributed by atoms with Crippen LogP contribution in [0.3, 0.4) is 0 Å². The van der Waals surface area contributed by atoms with Gasteiger partial charge in [0.2, 0.25) is 0 Å².